The lowest BCUT2D eigenvalue weighted by atomic mass is 9.91. The van der Waals surface area contributed by atoms with Gasteiger partial charge in [0.15, 0.2) is 23.0 Å². The Kier molecular flexibility index (Phi) is 19.4. The number of hydrogen-bond acceptors (Lipinski definition) is 10. The highest BCUT2D eigenvalue weighted by molar-refractivity contribution is 5.96. The Morgan fingerprint density at radius 2 is 0.629 bits per heavy atom. The van der Waals surface area contributed by atoms with Crippen molar-refractivity contribution in [2.75, 3.05) is 0 Å². The highest BCUT2D eigenvalue weighted by Crippen LogP contribution is 2.48. The molecule has 1 amide bonds. The van der Waals surface area contributed by atoms with Gasteiger partial charge in [0.1, 0.15) is 76.2 Å². The second kappa shape index (κ2) is 29.5. The van der Waals surface area contributed by atoms with Crippen molar-refractivity contribution in [1.29, 1.82) is 0 Å². The van der Waals surface area contributed by atoms with Crippen LogP contribution in [-0.4, -0.2) is 11.9 Å². The maximum atomic E-state index is 15.7. The molecule has 0 unspecified atom stereocenters. The third-order valence-electron chi connectivity index (χ3n) is 15.0. The van der Waals surface area contributed by atoms with E-state index in [1.165, 1.54) is 0 Å². The molecule has 0 bridgehead atoms. The summed E-state index contributed by atoms with van der Waals surface area (Å²) in [5, 5.41) is 3.47. The molecule has 1 aliphatic rings. The van der Waals surface area contributed by atoms with Gasteiger partial charge in [0.2, 0.25) is 11.5 Å². The maximum absolute atomic E-state index is 15.7. The summed E-state index contributed by atoms with van der Waals surface area (Å²) in [4.78, 5) is 15.7. The van der Waals surface area contributed by atoms with Crippen LogP contribution in [0.25, 0.3) is 0 Å². The molecule has 0 aromatic heterocycles. The molecule has 11 aromatic rings. The molecular formula is C78H67NO10. The van der Waals surface area contributed by atoms with Gasteiger partial charge in [0.25, 0.3) is 5.91 Å². The fourth-order valence-electron chi connectivity index (χ4n) is 10.4. The van der Waals surface area contributed by atoms with Crippen LogP contribution in [0.5, 0.6) is 51.7 Å². The highest BCUT2D eigenvalue weighted by Gasteiger charge is 2.37. The van der Waals surface area contributed by atoms with Gasteiger partial charge in [-0.05, 0) is 68.8 Å². The molecule has 2 atom stereocenters. The minimum atomic E-state index is -0.879. The number of ether oxygens (including phenoxy) is 9. The summed E-state index contributed by atoms with van der Waals surface area (Å²) in [6, 6.07) is 89.8. The van der Waals surface area contributed by atoms with Crippen LogP contribution < -0.4 is 47.9 Å². The Hall–Kier alpha value is -10.9. The SMILES string of the molecule is O=C(N[C@@H]1Cc2c(OCc3ccccc3)cc(OCc3ccccc3)cc2O[C@@H]1c1cc(OCc2ccccc2)c(OCc2ccccc2)c(OCc2ccccc2)c1)c1cc(OCc2ccccc2)c(OCc2ccccc2)c(OCc2ccccc2)c1. The number of carbonyl (C=O) groups excluding carboxylic acids is 1. The van der Waals surface area contributed by atoms with Gasteiger partial charge in [-0.15, -0.1) is 0 Å². The van der Waals surface area contributed by atoms with Crippen molar-refractivity contribution in [2.24, 2.45) is 0 Å². The highest BCUT2D eigenvalue weighted by atomic mass is 16.6. The molecule has 0 aliphatic carbocycles. The standard InChI is InChI=1S/C78H67NO10/c80-78(65-43-73(85-52-60-33-17-5-18-34-60)77(88-55-63-39-23-8-24-40-63)74(44-65)86-53-61-35-19-6-20-36-61)79-68-47-67-69(82-49-57-27-11-2-12-28-57)45-66(81-48-56-25-9-1-10-26-56)46-70(67)89-75(68)64-41-71(83-50-58-29-13-3-14-30-58)76(87-54-62-37-21-7-22-38-62)72(42-64)84-51-59-31-15-4-16-32-59/h1-46,68,75H,47-55H2,(H,79,80)/t68-,75-/m1/s1. The lowest BCUT2D eigenvalue weighted by molar-refractivity contribution is 0.0833. The molecule has 11 aromatic carbocycles. The van der Waals surface area contributed by atoms with Crippen molar-refractivity contribution in [1.82, 2.24) is 5.32 Å². The van der Waals surface area contributed by atoms with E-state index in [2.05, 4.69) is 5.32 Å². The van der Waals surface area contributed by atoms with Crippen molar-refractivity contribution in [2.45, 2.75) is 71.4 Å². The number of hydrogen-bond donors (Lipinski definition) is 1. The normalized spacial score (nSPS) is 13.2. The zero-order valence-corrected chi connectivity index (χ0v) is 49.2. The Labute approximate surface area is 519 Å². The van der Waals surface area contributed by atoms with E-state index < -0.39 is 18.1 Å². The largest absolute Gasteiger partial charge is 0.489 e. The third kappa shape index (κ3) is 15.9. The topological polar surface area (TPSA) is 112 Å². The average molecular weight is 1180 g/mol. The first-order valence-electron chi connectivity index (χ1n) is 29.8. The summed E-state index contributed by atoms with van der Waals surface area (Å²) in [6.45, 7) is 1.84. The second-order valence-corrected chi connectivity index (χ2v) is 21.6. The molecule has 1 aliphatic heterocycles. The quantitative estimate of drug-likeness (QED) is 0.0534. The van der Waals surface area contributed by atoms with Crippen molar-refractivity contribution in [3.8, 4) is 51.7 Å². The summed E-state index contributed by atoms with van der Waals surface area (Å²) in [5.41, 5.74) is 9.29. The maximum Gasteiger partial charge on any atom is 0.251 e. The number of nitrogens with one attached hydrogen (secondary N) is 1. The second-order valence-electron chi connectivity index (χ2n) is 21.6. The molecular weight excluding hydrogens is 1110 g/mol. The molecule has 0 saturated carbocycles. The molecule has 0 saturated heterocycles. The van der Waals surface area contributed by atoms with Crippen LogP contribution in [0.15, 0.2) is 279 Å². The summed E-state index contributed by atoms with van der Waals surface area (Å²) in [6.07, 6.45) is -0.621. The van der Waals surface area contributed by atoms with Gasteiger partial charge in [0, 0.05) is 35.2 Å². The van der Waals surface area contributed by atoms with Crippen LogP contribution in [-0.2, 0) is 59.3 Å². The summed E-state index contributed by atoms with van der Waals surface area (Å²) < 4.78 is 61.2. The van der Waals surface area contributed by atoms with E-state index in [4.69, 9.17) is 42.6 Å². The molecule has 1 N–H and O–H groups in total. The van der Waals surface area contributed by atoms with Gasteiger partial charge in [-0.2, -0.15) is 0 Å². The number of benzene rings is 11. The number of fused-ring (bicyclic) bond motifs is 1. The molecule has 1 heterocycles. The fourth-order valence-corrected chi connectivity index (χ4v) is 10.4. The Balaban J connectivity index is 0.978. The Morgan fingerprint density at radius 1 is 0.337 bits per heavy atom. The lowest BCUT2D eigenvalue weighted by Crippen LogP contribution is -2.45. The van der Waals surface area contributed by atoms with Crippen LogP contribution in [0.3, 0.4) is 0 Å². The van der Waals surface area contributed by atoms with E-state index in [1.807, 2.05) is 267 Å². The van der Waals surface area contributed by atoms with E-state index in [1.54, 1.807) is 12.1 Å². The zero-order chi connectivity index (χ0) is 60.2. The Morgan fingerprint density at radius 3 is 0.966 bits per heavy atom. The third-order valence-corrected chi connectivity index (χ3v) is 15.0. The van der Waals surface area contributed by atoms with Gasteiger partial charge < -0.3 is 47.9 Å². The van der Waals surface area contributed by atoms with Gasteiger partial charge in [-0.25, -0.2) is 0 Å². The van der Waals surface area contributed by atoms with Crippen molar-refractivity contribution in [3.05, 3.63) is 340 Å². The zero-order valence-electron chi connectivity index (χ0n) is 49.2. The number of amides is 1. The fraction of sp³-hybridized carbons (Fsp3) is 0.141. The van der Waals surface area contributed by atoms with E-state index in [-0.39, 0.29) is 58.2 Å². The molecule has 12 rings (SSSR count). The number of carbonyl (C=O) groups is 1. The van der Waals surface area contributed by atoms with E-state index in [0.29, 0.717) is 63.9 Å². The molecule has 89 heavy (non-hydrogen) atoms. The van der Waals surface area contributed by atoms with Gasteiger partial charge >= 0.3 is 0 Å². The first-order chi connectivity index (χ1) is 44.0. The van der Waals surface area contributed by atoms with Gasteiger partial charge in [0.05, 0.1) is 6.04 Å². The van der Waals surface area contributed by atoms with Crippen molar-refractivity contribution < 1.29 is 47.4 Å². The Bertz CT molecular complexity index is 3880. The van der Waals surface area contributed by atoms with Crippen LogP contribution in [0.1, 0.15) is 72.1 Å². The molecule has 11 nitrogen and oxygen atoms in total. The average Bonchev–Trinajstić information content (AvgIpc) is 2.76. The minimum absolute atomic E-state index is 0.193. The van der Waals surface area contributed by atoms with E-state index >= 15 is 4.79 Å². The smallest absolute Gasteiger partial charge is 0.251 e. The summed E-state index contributed by atoms with van der Waals surface area (Å²) in [5.74, 6) is 3.45. The van der Waals surface area contributed by atoms with E-state index in [9.17, 15) is 0 Å². The predicted molar refractivity (Wildman–Crippen MR) is 344 cm³/mol. The van der Waals surface area contributed by atoms with Crippen molar-refractivity contribution in [3.63, 3.8) is 0 Å². The van der Waals surface area contributed by atoms with Gasteiger partial charge in [-0.1, -0.05) is 243 Å². The summed E-state index contributed by atoms with van der Waals surface area (Å²) >= 11 is 0. The van der Waals surface area contributed by atoms with Crippen LogP contribution in [0.2, 0.25) is 0 Å². The number of rotatable bonds is 27. The predicted octanol–water partition coefficient (Wildman–Crippen LogP) is 16.8. The first-order valence-corrected chi connectivity index (χ1v) is 29.8. The molecule has 0 radical (unpaired) electrons. The first kappa shape index (κ1) is 58.5. The van der Waals surface area contributed by atoms with Crippen LogP contribution >= 0.6 is 0 Å². The van der Waals surface area contributed by atoms with Crippen LogP contribution in [0, 0.1) is 0 Å². The van der Waals surface area contributed by atoms with E-state index in [0.717, 1.165) is 50.1 Å². The van der Waals surface area contributed by atoms with Crippen molar-refractivity contribution >= 4 is 5.91 Å². The molecule has 0 fully saturated rings. The van der Waals surface area contributed by atoms with Crippen LogP contribution in [0.4, 0.5) is 0 Å². The molecule has 11 heteroatoms. The molecule has 444 valence electrons. The monoisotopic (exact) mass is 1180 g/mol. The lowest BCUT2D eigenvalue weighted by Gasteiger charge is -2.36. The molecule has 0 spiro atoms. The minimum Gasteiger partial charge on any atom is -0.489 e. The van der Waals surface area contributed by atoms with Gasteiger partial charge in [-0.3, -0.25) is 4.79 Å². The summed E-state index contributed by atoms with van der Waals surface area (Å²) in [7, 11) is 0.